The van der Waals surface area contributed by atoms with E-state index in [0.717, 1.165) is 18.7 Å². The van der Waals surface area contributed by atoms with Gasteiger partial charge < -0.3 is 10.4 Å². The molecule has 2 aromatic rings. The normalized spacial score (nSPS) is 10.7. The maximum Gasteiger partial charge on any atom is 0.134 e. The van der Waals surface area contributed by atoms with E-state index < -0.39 is 0 Å². The zero-order valence-corrected chi connectivity index (χ0v) is 11.1. The first-order chi connectivity index (χ1) is 8.15. The van der Waals surface area contributed by atoms with Gasteiger partial charge in [0.1, 0.15) is 5.75 Å². The molecule has 0 aliphatic rings. The number of nitrogens with one attached hydrogen (secondary N) is 1. The van der Waals surface area contributed by atoms with Crippen molar-refractivity contribution in [3.05, 3.63) is 50.7 Å². The lowest BCUT2D eigenvalue weighted by atomic mass is 10.2. The van der Waals surface area contributed by atoms with Gasteiger partial charge in [-0.2, -0.15) is 0 Å². The van der Waals surface area contributed by atoms with Gasteiger partial charge in [-0.1, -0.05) is 17.7 Å². The summed E-state index contributed by atoms with van der Waals surface area (Å²) in [7, 11) is 0. The van der Waals surface area contributed by atoms with Crippen LogP contribution in [-0.2, 0) is 13.1 Å². The Labute approximate surface area is 110 Å². The van der Waals surface area contributed by atoms with E-state index >= 15 is 0 Å². The summed E-state index contributed by atoms with van der Waals surface area (Å²) in [6.45, 7) is 3.71. The maximum atomic E-state index is 9.30. The van der Waals surface area contributed by atoms with E-state index in [2.05, 4.69) is 24.4 Å². The smallest absolute Gasteiger partial charge is 0.134 e. The third-order valence-corrected chi connectivity index (χ3v) is 3.74. The molecule has 90 valence electrons. The Morgan fingerprint density at radius 3 is 2.71 bits per heavy atom. The van der Waals surface area contributed by atoms with Crippen molar-refractivity contribution < 1.29 is 5.11 Å². The monoisotopic (exact) mass is 267 g/mol. The van der Waals surface area contributed by atoms with Crippen molar-refractivity contribution in [3.63, 3.8) is 0 Å². The molecule has 2 nitrogen and oxygen atoms in total. The van der Waals surface area contributed by atoms with E-state index in [0.29, 0.717) is 5.02 Å². The highest BCUT2D eigenvalue weighted by Gasteiger charge is 2.00. The highest BCUT2D eigenvalue weighted by atomic mass is 35.5. The zero-order chi connectivity index (χ0) is 12.3. The van der Waals surface area contributed by atoms with Crippen molar-refractivity contribution in [2.45, 2.75) is 20.0 Å². The number of thiophene rings is 1. The number of phenolic OH excluding ortho intramolecular Hbond substituents is 1. The van der Waals surface area contributed by atoms with E-state index in [1.807, 2.05) is 6.07 Å². The van der Waals surface area contributed by atoms with Crippen LogP contribution >= 0.6 is 22.9 Å². The van der Waals surface area contributed by atoms with Crippen LogP contribution in [0, 0.1) is 6.92 Å². The summed E-state index contributed by atoms with van der Waals surface area (Å²) in [6, 6.07) is 9.53. The summed E-state index contributed by atoms with van der Waals surface area (Å²) >= 11 is 7.64. The number of benzene rings is 1. The van der Waals surface area contributed by atoms with Gasteiger partial charge in [-0.3, -0.25) is 0 Å². The van der Waals surface area contributed by atoms with Crippen molar-refractivity contribution in [2.24, 2.45) is 0 Å². The van der Waals surface area contributed by atoms with Gasteiger partial charge in [-0.05, 0) is 36.8 Å². The Hall–Kier alpha value is -1.03. The lowest BCUT2D eigenvalue weighted by Crippen LogP contribution is -2.11. The molecule has 0 bridgehead atoms. The van der Waals surface area contributed by atoms with E-state index in [1.165, 1.54) is 9.75 Å². The molecule has 0 saturated heterocycles. The minimum absolute atomic E-state index is 0.129. The van der Waals surface area contributed by atoms with Gasteiger partial charge in [0.25, 0.3) is 0 Å². The van der Waals surface area contributed by atoms with Crippen LogP contribution in [0.3, 0.4) is 0 Å². The summed E-state index contributed by atoms with van der Waals surface area (Å²) in [4.78, 5) is 2.65. The summed E-state index contributed by atoms with van der Waals surface area (Å²) in [5.41, 5.74) is 1.07. The molecule has 1 heterocycles. The summed E-state index contributed by atoms with van der Waals surface area (Å²) in [5.74, 6) is 0.129. The molecule has 0 spiro atoms. The second kappa shape index (κ2) is 5.54. The molecule has 0 aliphatic heterocycles. The standard InChI is InChI=1S/C13H14ClNOS/c1-9-2-4-11(17-9)8-15-7-10-3-5-13(16)12(14)6-10/h2-6,15-16H,7-8H2,1H3. The Kier molecular flexibility index (Phi) is 4.05. The molecular weight excluding hydrogens is 254 g/mol. The van der Waals surface area contributed by atoms with Crippen molar-refractivity contribution in [1.82, 2.24) is 5.32 Å². The van der Waals surface area contributed by atoms with Crippen molar-refractivity contribution in [1.29, 1.82) is 0 Å². The molecule has 2 N–H and O–H groups in total. The summed E-state index contributed by atoms with van der Waals surface area (Å²) < 4.78 is 0. The Bertz CT molecular complexity index is 510. The second-order valence-corrected chi connectivity index (χ2v) is 5.68. The highest BCUT2D eigenvalue weighted by Crippen LogP contribution is 2.23. The highest BCUT2D eigenvalue weighted by molar-refractivity contribution is 7.11. The number of rotatable bonds is 4. The fourth-order valence-electron chi connectivity index (χ4n) is 1.57. The van der Waals surface area contributed by atoms with Crippen LogP contribution in [0.15, 0.2) is 30.3 Å². The average Bonchev–Trinajstić information content (AvgIpc) is 2.70. The number of hydrogen-bond donors (Lipinski definition) is 2. The number of aryl methyl sites for hydroxylation is 1. The van der Waals surface area contributed by atoms with Crippen LogP contribution in [0.4, 0.5) is 0 Å². The SMILES string of the molecule is Cc1ccc(CNCc2ccc(O)c(Cl)c2)s1. The van der Waals surface area contributed by atoms with Gasteiger partial charge >= 0.3 is 0 Å². The topological polar surface area (TPSA) is 32.3 Å². The summed E-state index contributed by atoms with van der Waals surface area (Å²) in [5, 5.41) is 13.0. The molecule has 0 amide bonds. The van der Waals surface area contributed by atoms with Crippen molar-refractivity contribution >= 4 is 22.9 Å². The minimum Gasteiger partial charge on any atom is -0.506 e. The Morgan fingerprint density at radius 1 is 1.24 bits per heavy atom. The third-order valence-electron chi connectivity index (χ3n) is 2.44. The molecule has 1 aromatic carbocycles. The molecule has 17 heavy (non-hydrogen) atoms. The first kappa shape index (κ1) is 12.4. The van der Waals surface area contributed by atoms with Crippen LogP contribution in [0.5, 0.6) is 5.75 Å². The number of hydrogen-bond acceptors (Lipinski definition) is 3. The van der Waals surface area contributed by atoms with Crippen molar-refractivity contribution in [3.8, 4) is 5.75 Å². The Morgan fingerprint density at radius 2 is 2.06 bits per heavy atom. The molecule has 0 radical (unpaired) electrons. The third kappa shape index (κ3) is 3.46. The lowest BCUT2D eigenvalue weighted by Gasteiger charge is -2.04. The molecule has 2 rings (SSSR count). The molecule has 0 unspecified atom stereocenters. The molecule has 1 aromatic heterocycles. The Balaban J connectivity index is 1.87. The van der Waals surface area contributed by atoms with E-state index in [-0.39, 0.29) is 5.75 Å². The van der Waals surface area contributed by atoms with Gasteiger partial charge in [-0.15, -0.1) is 11.3 Å². The van der Waals surface area contributed by atoms with Gasteiger partial charge in [0.2, 0.25) is 0 Å². The van der Waals surface area contributed by atoms with E-state index in [1.54, 1.807) is 23.5 Å². The average molecular weight is 268 g/mol. The first-order valence-electron chi connectivity index (χ1n) is 5.38. The predicted molar refractivity (Wildman–Crippen MR) is 72.7 cm³/mol. The first-order valence-corrected chi connectivity index (χ1v) is 6.58. The fourth-order valence-corrected chi connectivity index (χ4v) is 2.63. The zero-order valence-electron chi connectivity index (χ0n) is 9.53. The van der Waals surface area contributed by atoms with Gasteiger partial charge in [0, 0.05) is 22.8 Å². The van der Waals surface area contributed by atoms with Crippen LogP contribution in [-0.4, -0.2) is 5.11 Å². The molecule has 0 aliphatic carbocycles. The quantitative estimate of drug-likeness (QED) is 0.885. The molecule has 0 atom stereocenters. The molecule has 4 heteroatoms. The lowest BCUT2D eigenvalue weighted by molar-refractivity contribution is 0.475. The number of aromatic hydroxyl groups is 1. The van der Waals surface area contributed by atoms with Crippen LogP contribution < -0.4 is 5.32 Å². The molecule has 0 saturated carbocycles. The van der Waals surface area contributed by atoms with Gasteiger partial charge in [0.15, 0.2) is 0 Å². The molecule has 0 fully saturated rings. The van der Waals surface area contributed by atoms with Gasteiger partial charge in [0.05, 0.1) is 5.02 Å². The number of phenols is 1. The van der Waals surface area contributed by atoms with Crippen LogP contribution in [0.25, 0.3) is 0 Å². The largest absolute Gasteiger partial charge is 0.506 e. The van der Waals surface area contributed by atoms with Crippen molar-refractivity contribution in [2.75, 3.05) is 0 Å². The van der Waals surface area contributed by atoms with Gasteiger partial charge in [-0.25, -0.2) is 0 Å². The van der Waals surface area contributed by atoms with E-state index in [9.17, 15) is 5.11 Å². The fraction of sp³-hybridized carbons (Fsp3) is 0.231. The van der Waals surface area contributed by atoms with Crippen LogP contribution in [0.2, 0.25) is 5.02 Å². The van der Waals surface area contributed by atoms with Crippen LogP contribution in [0.1, 0.15) is 15.3 Å². The van der Waals surface area contributed by atoms with E-state index in [4.69, 9.17) is 11.6 Å². The predicted octanol–water partition coefficient (Wildman–Crippen LogP) is 3.71. The summed E-state index contributed by atoms with van der Waals surface area (Å²) in [6.07, 6.45) is 0. The minimum atomic E-state index is 0.129. The number of halogens is 1. The maximum absolute atomic E-state index is 9.30. The second-order valence-electron chi connectivity index (χ2n) is 3.90. The molecular formula is C13H14ClNOS.